The molecule has 0 heterocycles. The van der Waals surface area contributed by atoms with Crippen molar-refractivity contribution in [2.24, 2.45) is 0 Å². The van der Waals surface area contributed by atoms with E-state index in [4.69, 9.17) is 9.84 Å². The van der Waals surface area contributed by atoms with Crippen LogP contribution in [0.1, 0.15) is 33.6 Å². The second-order valence-corrected chi connectivity index (χ2v) is 4.53. The number of amides is 1. The van der Waals surface area contributed by atoms with E-state index in [-0.39, 0.29) is 23.1 Å². The Balaban J connectivity index is 2.34. The molecular weight excluding hydrogens is 234 g/mol. The molecule has 18 heavy (non-hydrogen) atoms. The summed E-state index contributed by atoms with van der Waals surface area (Å²) in [6.45, 7) is 0. The van der Waals surface area contributed by atoms with Crippen LogP contribution >= 0.6 is 0 Å². The third kappa shape index (κ3) is 2.61. The Morgan fingerprint density at radius 1 is 1.28 bits per heavy atom. The third-order valence-electron chi connectivity index (χ3n) is 2.69. The second kappa shape index (κ2) is 4.68. The van der Waals surface area contributed by atoms with E-state index < -0.39 is 5.97 Å². The predicted molar refractivity (Wildman–Crippen MR) is 65.1 cm³/mol. The number of ether oxygens (including phenoxy) is 1. The van der Waals surface area contributed by atoms with Crippen LogP contribution in [0.3, 0.4) is 0 Å². The van der Waals surface area contributed by atoms with E-state index in [2.05, 4.69) is 0 Å². The molecule has 1 aromatic rings. The Morgan fingerprint density at radius 3 is 2.44 bits per heavy atom. The number of hydrogen-bond acceptors (Lipinski definition) is 3. The van der Waals surface area contributed by atoms with Crippen molar-refractivity contribution in [3.05, 3.63) is 29.3 Å². The summed E-state index contributed by atoms with van der Waals surface area (Å²) in [5.41, 5.74) is 0.155. The van der Waals surface area contributed by atoms with E-state index in [0.29, 0.717) is 5.75 Å². The minimum atomic E-state index is -1.12. The first-order valence-electron chi connectivity index (χ1n) is 5.74. The highest BCUT2D eigenvalue weighted by Crippen LogP contribution is 2.28. The molecule has 0 saturated heterocycles. The van der Waals surface area contributed by atoms with Crippen molar-refractivity contribution >= 4 is 11.9 Å². The van der Waals surface area contributed by atoms with Crippen LogP contribution in [0.25, 0.3) is 0 Å². The summed E-state index contributed by atoms with van der Waals surface area (Å²) in [7, 11) is 3.17. The Bertz CT molecular complexity index is 492. The van der Waals surface area contributed by atoms with Gasteiger partial charge in [-0.15, -0.1) is 0 Å². The minimum absolute atomic E-state index is 0.0214. The maximum Gasteiger partial charge on any atom is 0.336 e. The van der Waals surface area contributed by atoms with Crippen LogP contribution in [-0.4, -0.2) is 42.1 Å². The summed E-state index contributed by atoms with van der Waals surface area (Å²) in [6.07, 6.45) is 2.20. The minimum Gasteiger partial charge on any atom is -0.490 e. The number of carbonyl (C=O) groups excluding carboxylic acids is 1. The van der Waals surface area contributed by atoms with Gasteiger partial charge in [0, 0.05) is 14.1 Å². The van der Waals surface area contributed by atoms with Gasteiger partial charge in [0.25, 0.3) is 5.91 Å². The predicted octanol–water partition coefficient (Wildman–Crippen LogP) is 1.63. The van der Waals surface area contributed by atoms with Gasteiger partial charge in [-0.3, -0.25) is 4.79 Å². The molecule has 0 aliphatic heterocycles. The number of rotatable bonds is 4. The fourth-order valence-corrected chi connectivity index (χ4v) is 1.58. The third-order valence-corrected chi connectivity index (χ3v) is 2.69. The summed E-state index contributed by atoms with van der Waals surface area (Å²) in [6, 6.07) is 4.56. The zero-order valence-electron chi connectivity index (χ0n) is 10.3. The highest BCUT2D eigenvalue weighted by atomic mass is 16.5. The first-order chi connectivity index (χ1) is 8.49. The molecule has 0 spiro atoms. The molecule has 1 saturated carbocycles. The Hall–Kier alpha value is -2.04. The highest BCUT2D eigenvalue weighted by Gasteiger charge is 2.25. The molecule has 0 aromatic heterocycles. The zero-order valence-corrected chi connectivity index (χ0v) is 10.3. The summed E-state index contributed by atoms with van der Waals surface area (Å²) < 4.78 is 5.52. The second-order valence-electron chi connectivity index (χ2n) is 4.53. The van der Waals surface area contributed by atoms with Crippen molar-refractivity contribution in [1.82, 2.24) is 4.90 Å². The fourth-order valence-electron chi connectivity index (χ4n) is 1.58. The SMILES string of the molecule is CN(C)C(=O)c1ccc(OC2CC2)cc1C(=O)O. The van der Waals surface area contributed by atoms with Gasteiger partial charge in [-0.25, -0.2) is 4.79 Å². The number of carboxylic acid groups (broad SMARTS) is 1. The zero-order chi connectivity index (χ0) is 13.3. The van der Waals surface area contributed by atoms with Crippen molar-refractivity contribution in [1.29, 1.82) is 0 Å². The molecular formula is C13H15NO4. The van der Waals surface area contributed by atoms with Crippen molar-refractivity contribution in [3.63, 3.8) is 0 Å². The van der Waals surface area contributed by atoms with Crippen LogP contribution < -0.4 is 4.74 Å². The maximum absolute atomic E-state index is 11.8. The average Bonchev–Trinajstić information content (AvgIpc) is 3.11. The fraction of sp³-hybridized carbons (Fsp3) is 0.385. The molecule has 0 atom stereocenters. The maximum atomic E-state index is 11.8. The van der Waals surface area contributed by atoms with Crippen molar-refractivity contribution in [2.75, 3.05) is 14.1 Å². The number of carbonyl (C=O) groups is 2. The number of carboxylic acids is 1. The average molecular weight is 249 g/mol. The molecule has 1 fully saturated rings. The Morgan fingerprint density at radius 2 is 1.94 bits per heavy atom. The van der Waals surface area contributed by atoms with Crippen LogP contribution in [0.4, 0.5) is 0 Å². The van der Waals surface area contributed by atoms with Gasteiger partial charge in [0.1, 0.15) is 5.75 Å². The molecule has 0 bridgehead atoms. The smallest absolute Gasteiger partial charge is 0.336 e. The molecule has 1 aliphatic carbocycles. The lowest BCUT2D eigenvalue weighted by atomic mass is 10.1. The van der Waals surface area contributed by atoms with E-state index >= 15 is 0 Å². The summed E-state index contributed by atoms with van der Waals surface area (Å²) in [5.74, 6) is -0.947. The number of benzene rings is 1. The molecule has 2 rings (SSSR count). The van der Waals surface area contributed by atoms with Crippen LogP contribution in [0.15, 0.2) is 18.2 Å². The van der Waals surface area contributed by atoms with E-state index in [1.54, 1.807) is 20.2 Å². The molecule has 1 aromatic carbocycles. The molecule has 1 aliphatic rings. The summed E-state index contributed by atoms with van der Waals surface area (Å²) in [4.78, 5) is 24.4. The highest BCUT2D eigenvalue weighted by molar-refractivity contribution is 6.04. The van der Waals surface area contributed by atoms with E-state index in [1.807, 2.05) is 0 Å². The van der Waals surface area contributed by atoms with Gasteiger partial charge in [-0.05, 0) is 31.0 Å². The molecule has 96 valence electrons. The Labute approximate surface area is 105 Å². The van der Waals surface area contributed by atoms with Gasteiger partial charge in [0.2, 0.25) is 0 Å². The van der Waals surface area contributed by atoms with Gasteiger partial charge in [-0.2, -0.15) is 0 Å². The molecule has 5 nitrogen and oxygen atoms in total. The molecule has 0 unspecified atom stereocenters. The van der Waals surface area contributed by atoms with Crippen molar-refractivity contribution in [3.8, 4) is 5.75 Å². The molecule has 1 N–H and O–H groups in total. The van der Waals surface area contributed by atoms with Gasteiger partial charge >= 0.3 is 5.97 Å². The first-order valence-corrected chi connectivity index (χ1v) is 5.74. The van der Waals surface area contributed by atoms with Crippen LogP contribution in [0.5, 0.6) is 5.75 Å². The first kappa shape index (κ1) is 12.4. The topological polar surface area (TPSA) is 66.8 Å². The van der Waals surface area contributed by atoms with Crippen LogP contribution in [-0.2, 0) is 0 Å². The van der Waals surface area contributed by atoms with Crippen molar-refractivity contribution < 1.29 is 19.4 Å². The number of hydrogen-bond donors (Lipinski definition) is 1. The Kier molecular flexibility index (Phi) is 3.23. The van der Waals surface area contributed by atoms with E-state index in [1.165, 1.54) is 17.0 Å². The molecule has 1 amide bonds. The monoisotopic (exact) mass is 249 g/mol. The lowest BCUT2D eigenvalue weighted by molar-refractivity contribution is 0.0684. The number of nitrogens with zero attached hydrogens (tertiary/aromatic N) is 1. The van der Waals surface area contributed by atoms with E-state index in [0.717, 1.165) is 12.8 Å². The largest absolute Gasteiger partial charge is 0.490 e. The lowest BCUT2D eigenvalue weighted by Gasteiger charge is -2.13. The van der Waals surface area contributed by atoms with Gasteiger partial charge in [-0.1, -0.05) is 0 Å². The number of aromatic carboxylic acids is 1. The summed E-state index contributed by atoms with van der Waals surface area (Å²) in [5, 5.41) is 9.14. The quantitative estimate of drug-likeness (QED) is 0.880. The molecule has 5 heteroatoms. The lowest BCUT2D eigenvalue weighted by Crippen LogP contribution is -2.24. The van der Waals surface area contributed by atoms with Crippen LogP contribution in [0.2, 0.25) is 0 Å². The molecule has 0 radical (unpaired) electrons. The van der Waals surface area contributed by atoms with Gasteiger partial charge in [0.15, 0.2) is 0 Å². The van der Waals surface area contributed by atoms with Crippen LogP contribution in [0, 0.1) is 0 Å². The van der Waals surface area contributed by atoms with Crippen molar-refractivity contribution in [2.45, 2.75) is 18.9 Å². The van der Waals surface area contributed by atoms with E-state index in [9.17, 15) is 9.59 Å². The van der Waals surface area contributed by atoms with Gasteiger partial charge < -0.3 is 14.7 Å². The normalized spacial score (nSPS) is 14.1. The standard InChI is InChI=1S/C13H15NO4/c1-14(2)12(15)10-6-5-9(18-8-3-4-8)7-11(10)13(16)17/h5-8H,3-4H2,1-2H3,(H,16,17). The van der Waals surface area contributed by atoms with Gasteiger partial charge in [0.05, 0.1) is 17.2 Å². The summed E-state index contributed by atoms with van der Waals surface area (Å²) >= 11 is 0.